The third-order valence-corrected chi connectivity index (χ3v) is 1.16. The van der Waals surface area contributed by atoms with Crippen molar-refractivity contribution in [3.05, 3.63) is 12.3 Å². The summed E-state index contributed by atoms with van der Waals surface area (Å²) in [7, 11) is 0. The van der Waals surface area contributed by atoms with E-state index in [0.717, 1.165) is 0 Å². The molecule has 0 saturated heterocycles. The molecule has 0 radical (unpaired) electrons. The van der Waals surface area contributed by atoms with E-state index in [1.807, 2.05) is 20.8 Å². The van der Waals surface area contributed by atoms with Gasteiger partial charge < -0.3 is 14.2 Å². The van der Waals surface area contributed by atoms with E-state index in [0.29, 0.717) is 19.8 Å². The minimum atomic E-state index is -0.272. The second kappa shape index (κ2) is 8.56. The average molecular weight is 174 g/mol. The van der Waals surface area contributed by atoms with Gasteiger partial charge in [-0.25, -0.2) is 0 Å². The van der Waals surface area contributed by atoms with Gasteiger partial charge in [-0.3, -0.25) is 0 Å². The van der Waals surface area contributed by atoms with Crippen LogP contribution in [0.3, 0.4) is 0 Å². The Kier molecular flexibility index (Phi) is 8.17. The van der Waals surface area contributed by atoms with E-state index >= 15 is 0 Å². The van der Waals surface area contributed by atoms with Crippen molar-refractivity contribution in [3.63, 3.8) is 0 Å². The van der Waals surface area contributed by atoms with Crippen molar-refractivity contribution in [3.8, 4) is 0 Å². The van der Waals surface area contributed by atoms with E-state index in [-0.39, 0.29) is 6.29 Å². The van der Waals surface area contributed by atoms with Crippen LogP contribution in [0.4, 0.5) is 0 Å². The SMILES string of the molecule is CCOC=CC(OCC)OCC. The minimum Gasteiger partial charge on any atom is -0.502 e. The molecule has 0 aliphatic carbocycles. The summed E-state index contributed by atoms with van der Waals surface area (Å²) in [5.74, 6) is 0. The fourth-order valence-corrected chi connectivity index (χ4v) is 0.704. The van der Waals surface area contributed by atoms with E-state index in [1.54, 1.807) is 12.3 Å². The van der Waals surface area contributed by atoms with Crippen LogP contribution in [0.25, 0.3) is 0 Å². The maximum atomic E-state index is 5.24. The van der Waals surface area contributed by atoms with Gasteiger partial charge in [0, 0.05) is 19.3 Å². The van der Waals surface area contributed by atoms with Crippen molar-refractivity contribution in [2.24, 2.45) is 0 Å². The predicted molar refractivity (Wildman–Crippen MR) is 47.8 cm³/mol. The van der Waals surface area contributed by atoms with Crippen molar-refractivity contribution < 1.29 is 14.2 Å². The minimum absolute atomic E-state index is 0.272. The van der Waals surface area contributed by atoms with Gasteiger partial charge in [-0.2, -0.15) is 0 Å². The monoisotopic (exact) mass is 174 g/mol. The zero-order valence-electron chi connectivity index (χ0n) is 8.08. The van der Waals surface area contributed by atoms with Crippen LogP contribution in [0.1, 0.15) is 20.8 Å². The molecule has 0 aromatic rings. The summed E-state index contributed by atoms with van der Waals surface area (Å²) in [6.07, 6.45) is 3.10. The van der Waals surface area contributed by atoms with Crippen molar-refractivity contribution in [2.45, 2.75) is 27.1 Å². The van der Waals surface area contributed by atoms with Crippen LogP contribution in [0, 0.1) is 0 Å². The molecule has 0 N–H and O–H groups in total. The van der Waals surface area contributed by atoms with Gasteiger partial charge >= 0.3 is 0 Å². The lowest BCUT2D eigenvalue weighted by Gasteiger charge is -2.11. The number of hydrogen-bond acceptors (Lipinski definition) is 3. The van der Waals surface area contributed by atoms with Crippen LogP contribution in [-0.2, 0) is 14.2 Å². The summed E-state index contributed by atoms with van der Waals surface area (Å²) < 4.78 is 15.5. The fourth-order valence-electron chi connectivity index (χ4n) is 0.704. The van der Waals surface area contributed by atoms with Crippen LogP contribution >= 0.6 is 0 Å². The predicted octanol–water partition coefficient (Wildman–Crippen LogP) is 1.94. The average Bonchev–Trinajstić information content (AvgIpc) is 2.06. The van der Waals surface area contributed by atoms with Crippen LogP contribution < -0.4 is 0 Å². The smallest absolute Gasteiger partial charge is 0.179 e. The maximum Gasteiger partial charge on any atom is 0.179 e. The van der Waals surface area contributed by atoms with E-state index < -0.39 is 0 Å². The summed E-state index contributed by atoms with van der Waals surface area (Å²) in [4.78, 5) is 0. The lowest BCUT2D eigenvalue weighted by Crippen LogP contribution is -2.14. The fraction of sp³-hybridized carbons (Fsp3) is 0.778. The Labute approximate surface area is 74.3 Å². The summed E-state index contributed by atoms with van der Waals surface area (Å²) in [5, 5.41) is 0. The van der Waals surface area contributed by atoms with E-state index in [9.17, 15) is 0 Å². The van der Waals surface area contributed by atoms with E-state index in [1.165, 1.54) is 0 Å². The van der Waals surface area contributed by atoms with Gasteiger partial charge in [0.2, 0.25) is 0 Å². The largest absolute Gasteiger partial charge is 0.502 e. The highest BCUT2D eigenvalue weighted by molar-refractivity contribution is 4.78. The van der Waals surface area contributed by atoms with Gasteiger partial charge in [0.15, 0.2) is 6.29 Å². The van der Waals surface area contributed by atoms with Crippen LogP contribution in [0.2, 0.25) is 0 Å². The molecule has 0 heterocycles. The second-order valence-corrected chi connectivity index (χ2v) is 2.06. The molecule has 12 heavy (non-hydrogen) atoms. The van der Waals surface area contributed by atoms with Crippen molar-refractivity contribution in [1.29, 1.82) is 0 Å². The molecule has 72 valence electrons. The Morgan fingerprint density at radius 2 is 1.58 bits per heavy atom. The zero-order valence-corrected chi connectivity index (χ0v) is 8.08. The summed E-state index contributed by atoms with van der Waals surface area (Å²) >= 11 is 0. The quantitative estimate of drug-likeness (QED) is 0.436. The highest BCUT2D eigenvalue weighted by Gasteiger charge is 2.00. The molecular formula is C9H18O3. The molecule has 3 nitrogen and oxygen atoms in total. The highest BCUT2D eigenvalue weighted by atomic mass is 16.7. The zero-order chi connectivity index (χ0) is 9.23. The van der Waals surface area contributed by atoms with Crippen molar-refractivity contribution >= 4 is 0 Å². The Bertz CT molecular complexity index is 106. The molecular weight excluding hydrogens is 156 g/mol. The van der Waals surface area contributed by atoms with Gasteiger partial charge in [-0.1, -0.05) is 0 Å². The molecule has 0 atom stereocenters. The first kappa shape index (κ1) is 11.5. The molecule has 0 rings (SSSR count). The van der Waals surface area contributed by atoms with Gasteiger partial charge in [-0.15, -0.1) is 0 Å². The van der Waals surface area contributed by atoms with Gasteiger partial charge in [0.05, 0.1) is 12.9 Å². The molecule has 0 aliphatic heterocycles. The van der Waals surface area contributed by atoms with Crippen LogP contribution in [-0.4, -0.2) is 26.1 Å². The first-order valence-corrected chi connectivity index (χ1v) is 4.36. The van der Waals surface area contributed by atoms with Gasteiger partial charge in [-0.05, 0) is 20.8 Å². The molecule has 0 fully saturated rings. The maximum absolute atomic E-state index is 5.24. The molecule has 0 aromatic heterocycles. The van der Waals surface area contributed by atoms with E-state index in [2.05, 4.69) is 0 Å². The molecule has 0 saturated carbocycles. The molecule has 0 aliphatic rings. The summed E-state index contributed by atoms with van der Waals surface area (Å²) in [6.45, 7) is 7.74. The van der Waals surface area contributed by atoms with Gasteiger partial charge in [0.1, 0.15) is 0 Å². The first-order valence-electron chi connectivity index (χ1n) is 4.36. The van der Waals surface area contributed by atoms with Crippen molar-refractivity contribution in [1.82, 2.24) is 0 Å². The molecule has 0 spiro atoms. The Morgan fingerprint density at radius 3 is 2.00 bits per heavy atom. The number of rotatable bonds is 7. The van der Waals surface area contributed by atoms with Crippen LogP contribution in [0.15, 0.2) is 12.3 Å². The number of ether oxygens (including phenoxy) is 3. The number of hydrogen-bond donors (Lipinski definition) is 0. The third-order valence-electron chi connectivity index (χ3n) is 1.16. The molecule has 3 heteroatoms. The molecule has 0 bridgehead atoms. The summed E-state index contributed by atoms with van der Waals surface area (Å²) in [5.41, 5.74) is 0. The standard InChI is InChI=1S/C9H18O3/c1-4-10-8-7-9(11-5-2)12-6-3/h7-9H,4-6H2,1-3H3. The Hall–Kier alpha value is -0.540. The Morgan fingerprint density at radius 1 is 1.00 bits per heavy atom. The van der Waals surface area contributed by atoms with Crippen LogP contribution in [0.5, 0.6) is 0 Å². The molecule has 0 unspecified atom stereocenters. The first-order chi connectivity index (χ1) is 5.85. The third kappa shape index (κ3) is 6.19. The summed E-state index contributed by atoms with van der Waals surface area (Å²) in [6, 6.07) is 0. The lowest BCUT2D eigenvalue weighted by molar-refractivity contribution is -0.104. The molecule has 0 amide bonds. The van der Waals surface area contributed by atoms with Gasteiger partial charge in [0.25, 0.3) is 0 Å². The van der Waals surface area contributed by atoms with Crippen molar-refractivity contribution in [2.75, 3.05) is 19.8 Å². The molecule has 0 aromatic carbocycles. The normalized spacial score (nSPS) is 11.3. The highest BCUT2D eigenvalue weighted by Crippen LogP contribution is 1.97. The Balaban J connectivity index is 3.60. The van der Waals surface area contributed by atoms with E-state index in [4.69, 9.17) is 14.2 Å². The topological polar surface area (TPSA) is 27.7 Å². The lowest BCUT2D eigenvalue weighted by atomic mass is 10.6. The second-order valence-electron chi connectivity index (χ2n) is 2.06.